The fourth-order valence-corrected chi connectivity index (χ4v) is 6.89. The Bertz CT molecular complexity index is 1280. The normalized spacial score (nSPS) is 21.6. The van der Waals surface area contributed by atoms with Crippen LogP contribution in [-0.4, -0.2) is 58.7 Å². The van der Waals surface area contributed by atoms with E-state index in [2.05, 4.69) is 101 Å². The molecule has 49 heavy (non-hydrogen) atoms. The quantitative estimate of drug-likeness (QED) is 0.0820. The first-order chi connectivity index (χ1) is 23.7. The summed E-state index contributed by atoms with van der Waals surface area (Å²) in [5.41, 5.74) is 3.33. The second-order valence-electron chi connectivity index (χ2n) is 14.9. The molecule has 7 heteroatoms. The van der Waals surface area contributed by atoms with Crippen molar-refractivity contribution in [1.29, 1.82) is 0 Å². The molecule has 1 aliphatic heterocycles. The molecule has 0 radical (unpaired) electrons. The lowest BCUT2D eigenvalue weighted by Gasteiger charge is -2.47. The molecule has 1 fully saturated rings. The van der Waals surface area contributed by atoms with Crippen LogP contribution in [-0.2, 0) is 47.9 Å². The van der Waals surface area contributed by atoms with E-state index >= 15 is 0 Å². The average Bonchev–Trinajstić information content (AvgIpc) is 3.10. The van der Waals surface area contributed by atoms with Gasteiger partial charge in [0.15, 0.2) is 8.32 Å². The van der Waals surface area contributed by atoms with Gasteiger partial charge in [0.2, 0.25) is 0 Å². The maximum Gasteiger partial charge on any atom is 0.192 e. The predicted molar refractivity (Wildman–Crippen MR) is 201 cm³/mol. The van der Waals surface area contributed by atoms with Gasteiger partial charge in [0.05, 0.1) is 32.5 Å². The van der Waals surface area contributed by atoms with Crippen molar-refractivity contribution >= 4 is 8.32 Å². The molecular formula is C42H62O6Si. The maximum absolute atomic E-state index is 7.05. The molecule has 0 amide bonds. The molecule has 0 N–H and O–H groups in total. The molecule has 0 aromatic heterocycles. The Morgan fingerprint density at radius 2 is 1.06 bits per heavy atom. The van der Waals surface area contributed by atoms with Gasteiger partial charge < -0.3 is 28.1 Å². The largest absolute Gasteiger partial charge is 0.414 e. The summed E-state index contributed by atoms with van der Waals surface area (Å²) in [5.74, 6) is 0. The van der Waals surface area contributed by atoms with Crippen LogP contribution in [0.25, 0.3) is 0 Å². The van der Waals surface area contributed by atoms with Gasteiger partial charge in [-0.2, -0.15) is 0 Å². The summed E-state index contributed by atoms with van der Waals surface area (Å²) in [7, 11) is -2.07. The van der Waals surface area contributed by atoms with Crippen LogP contribution in [0.15, 0.2) is 91.0 Å². The van der Waals surface area contributed by atoms with E-state index in [0.29, 0.717) is 33.0 Å². The van der Waals surface area contributed by atoms with Crippen molar-refractivity contribution < 1.29 is 28.1 Å². The second kappa shape index (κ2) is 20.5. The van der Waals surface area contributed by atoms with Gasteiger partial charge in [-0.05, 0) is 54.1 Å². The Morgan fingerprint density at radius 3 is 1.55 bits per heavy atom. The highest BCUT2D eigenvalue weighted by Crippen LogP contribution is 2.38. The van der Waals surface area contributed by atoms with Gasteiger partial charge in [0, 0.05) is 13.2 Å². The summed E-state index contributed by atoms with van der Waals surface area (Å²) < 4.78 is 40.5. The Kier molecular flexibility index (Phi) is 16.5. The van der Waals surface area contributed by atoms with E-state index in [9.17, 15) is 0 Å². The summed E-state index contributed by atoms with van der Waals surface area (Å²) in [4.78, 5) is 0. The number of unbranched alkanes of at least 4 members (excludes halogenated alkanes) is 3. The van der Waals surface area contributed by atoms with E-state index in [1.54, 1.807) is 0 Å². The van der Waals surface area contributed by atoms with E-state index in [4.69, 9.17) is 28.1 Å². The van der Waals surface area contributed by atoms with Gasteiger partial charge >= 0.3 is 0 Å². The second-order valence-corrected chi connectivity index (χ2v) is 19.7. The molecule has 6 nitrogen and oxygen atoms in total. The van der Waals surface area contributed by atoms with Gasteiger partial charge in [-0.15, -0.1) is 0 Å². The van der Waals surface area contributed by atoms with Crippen molar-refractivity contribution in [2.45, 2.75) is 135 Å². The van der Waals surface area contributed by atoms with E-state index in [1.165, 1.54) is 19.3 Å². The fraction of sp³-hybridized carbons (Fsp3) is 0.571. The lowest BCUT2D eigenvalue weighted by atomic mass is 9.92. The predicted octanol–water partition coefficient (Wildman–Crippen LogP) is 9.91. The zero-order valence-electron chi connectivity index (χ0n) is 31.0. The fourth-order valence-electron chi connectivity index (χ4n) is 5.88. The average molecular weight is 691 g/mol. The van der Waals surface area contributed by atoms with Crippen LogP contribution in [0.5, 0.6) is 0 Å². The molecule has 0 spiro atoms. The molecule has 1 saturated heterocycles. The maximum atomic E-state index is 7.05. The standard InChI is InChI=1S/C42H62O6Si/c1-7-8-9-19-28-43-29-20-27-37-39(44-30-34-21-13-10-14-22-34)41(46-32-36-25-17-12-18-26-36)40(45-31-35-23-15-11-16-24-35)38(48-37)33-47-49(5,6)42(2,3)4/h10-18,21-26,37-41H,7-9,19-20,27-33H2,1-6H3. The van der Waals surface area contributed by atoms with Crippen molar-refractivity contribution in [3.05, 3.63) is 108 Å². The molecule has 3 aromatic rings. The first kappa shape index (κ1) is 39.4. The minimum atomic E-state index is -2.07. The zero-order valence-corrected chi connectivity index (χ0v) is 32.0. The molecular weight excluding hydrogens is 629 g/mol. The third-order valence-electron chi connectivity index (χ3n) is 9.92. The van der Waals surface area contributed by atoms with Crippen LogP contribution in [0.2, 0.25) is 18.1 Å². The van der Waals surface area contributed by atoms with Crippen LogP contribution in [0.1, 0.15) is 82.9 Å². The van der Waals surface area contributed by atoms with E-state index in [-0.39, 0.29) is 29.5 Å². The number of benzene rings is 3. The molecule has 0 aliphatic carbocycles. The smallest absolute Gasteiger partial charge is 0.192 e. The highest BCUT2D eigenvalue weighted by atomic mass is 28.4. The highest BCUT2D eigenvalue weighted by molar-refractivity contribution is 6.74. The monoisotopic (exact) mass is 690 g/mol. The molecule has 4 rings (SSSR count). The molecule has 5 unspecified atom stereocenters. The highest BCUT2D eigenvalue weighted by Gasteiger charge is 2.49. The van der Waals surface area contributed by atoms with Gasteiger partial charge in [0.25, 0.3) is 0 Å². The van der Waals surface area contributed by atoms with Crippen molar-refractivity contribution in [2.24, 2.45) is 0 Å². The number of ether oxygens (including phenoxy) is 5. The van der Waals surface area contributed by atoms with Crippen LogP contribution in [0.3, 0.4) is 0 Å². The zero-order chi connectivity index (χ0) is 35.0. The number of hydrogen-bond acceptors (Lipinski definition) is 6. The van der Waals surface area contributed by atoms with E-state index < -0.39 is 14.4 Å². The SMILES string of the molecule is CCCCCCOCCCC1OC(CO[Si](C)(C)C(C)(C)C)C(OCc2ccccc2)C(OCc2ccccc2)C1OCc1ccccc1. The first-order valence-corrected chi connectivity index (χ1v) is 21.4. The number of rotatable bonds is 21. The summed E-state index contributed by atoms with van der Waals surface area (Å²) in [6.45, 7) is 16.9. The molecule has 1 aliphatic rings. The Hall–Kier alpha value is -2.36. The van der Waals surface area contributed by atoms with Gasteiger partial charge in [-0.3, -0.25) is 0 Å². The van der Waals surface area contributed by atoms with Crippen molar-refractivity contribution in [1.82, 2.24) is 0 Å². The minimum absolute atomic E-state index is 0.0699. The van der Waals surface area contributed by atoms with Crippen molar-refractivity contribution in [3.8, 4) is 0 Å². The van der Waals surface area contributed by atoms with Crippen LogP contribution >= 0.6 is 0 Å². The van der Waals surface area contributed by atoms with Crippen molar-refractivity contribution in [2.75, 3.05) is 19.8 Å². The summed E-state index contributed by atoms with van der Waals surface area (Å²) in [5, 5.41) is 0.0699. The van der Waals surface area contributed by atoms with Crippen LogP contribution in [0, 0.1) is 0 Å². The Morgan fingerprint density at radius 1 is 0.592 bits per heavy atom. The molecule has 3 aromatic carbocycles. The summed E-state index contributed by atoms with van der Waals surface area (Å²) in [6, 6.07) is 31.0. The van der Waals surface area contributed by atoms with Gasteiger partial charge in [-0.1, -0.05) is 138 Å². The topological polar surface area (TPSA) is 55.4 Å². The summed E-state index contributed by atoms with van der Waals surface area (Å²) >= 11 is 0. The lowest BCUT2D eigenvalue weighted by molar-refractivity contribution is -0.270. The third-order valence-corrected chi connectivity index (χ3v) is 14.4. The molecule has 1 heterocycles. The summed E-state index contributed by atoms with van der Waals surface area (Å²) in [6.07, 6.45) is 4.82. The molecule has 0 saturated carbocycles. The lowest BCUT2D eigenvalue weighted by Crippen LogP contribution is -2.61. The van der Waals surface area contributed by atoms with Crippen LogP contribution < -0.4 is 0 Å². The van der Waals surface area contributed by atoms with E-state index in [1.807, 2.05) is 30.3 Å². The molecule has 5 atom stereocenters. The van der Waals surface area contributed by atoms with Crippen LogP contribution in [0.4, 0.5) is 0 Å². The number of hydrogen-bond donors (Lipinski definition) is 0. The Labute approximate surface area is 297 Å². The molecule has 270 valence electrons. The van der Waals surface area contributed by atoms with Crippen molar-refractivity contribution in [3.63, 3.8) is 0 Å². The van der Waals surface area contributed by atoms with Gasteiger partial charge in [0.1, 0.15) is 24.4 Å². The third kappa shape index (κ3) is 13.0. The first-order valence-electron chi connectivity index (χ1n) is 18.5. The minimum Gasteiger partial charge on any atom is -0.414 e. The van der Waals surface area contributed by atoms with Gasteiger partial charge in [-0.25, -0.2) is 0 Å². The van der Waals surface area contributed by atoms with E-state index in [0.717, 1.165) is 42.6 Å². The molecule has 0 bridgehead atoms. The Balaban J connectivity index is 1.61.